The van der Waals surface area contributed by atoms with Crippen LogP contribution in [-0.2, 0) is 30.3 Å². The minimum atomic E-state index is -3.15. The lowest BCUT2D eigenvalue weighted by molar-refractivity contribution is -0.149. The molecule has 0 aliphatic carbocycles. The number of hydrogen-bond donors (Lipinski definition) is 2. The SMILES string of the molecule is CC(=O)OCC(=O)C(CC(=O)N[C@@H](Cc1ccccc1)C(=O)O)C(F)F. The van der Waals surface area contributed by atoms with E-state index in [2.05, 4.69) is 10.1 Å². The average molecular weight is 371 g/mol. The van der Waals surface area contributed by atoms with Crippen LogP contribution in [0.1, 0.15) is 18.9 Å². The van der Waals surface area contributed by atoms with Crippen LogP contribution in [0.4, 0.5) is 8.78 Å². The molecule has 2 atom stereocenters. The number of carboxylic acid groups (broad SMARTS) is 1. The number of halogens is 2. The molecule has 0 spiro atoms. The second kappa shape index (κ2) is 10.2. The number of alkyl halides is 2. The van der Waals surface area contributed by atoms with Gasteiger partial charge in [-0.15, -0.1) is 0 Å². The van der Waals surface area contributed by atoms with Gasteiger partial charge in [-0.3, -0.25) is 14.4 Å². The Bertz CT molecular complexity index is 650. The summed E-state index contributed by atoms with van der Waals surface area (Å²) >= 11 is 0. The van der Waals surface area contributed by atoms with Gasteiger partial charge in [0, 0.05) is 19.8 Å². The number of nitrogens with one attached hydrogen (secondary N) is 1. The number of benzene rings is 1. The van der Waals surface area contributed by atoms with Crippen LogP contribution in [0, 0.1) is 5.92 Å². The van der Waals surface area contributed by atoms with Crippen molar-refractivity contribution in [2.45, 2.75) is 32.2 Å². The zero-order valence-electron chi connectivity index (χ0n) is 14.0. The average Bonchev–Trinajstić information content (AvgIpc) is 2.57. The molecule has 1 unspecified atom stereocenters. The summed E-state index contributed by atoms with van der Waals surface area (Å²) in [5.41, 5.74) is 0.636. The zero-order valence-corrected chi connectivity index (χ0v) is 14.0. The van der Waals surface area contributed by atoms with E-state index in [1.165, 1.54) is 0 Å². The van der Waals surface area contributed by atoms with Crippen LogP contribution >= 0.6 is 0 Å². The van der Waals surface area contributed by atoms with Gasteiger partial charge >= 0.3 is 11.9 Å². The second-order valence-electron chi connectivity index (χ2n) is 5.54. The minimum absolute atomic E-state index is 0.0390. The molecule has 1 amide bonds. The van der Waals surface area contributed by atoms with Crippen molar-refractivity contribution in [3.63, 3.8) is 0 Å². The fraction of sp³-hybridized carbons (Fsp3) is 0.412. The third-order valence-corrected chi connectivity index (χ3v) is 3.46. The zero-order chi connectivity index (χ0) is 19.7. The first-order valence-electron chi connectivity index (χ1n) is 7.71. The molecule has 0 aliphatic rings. The number of amides is 1. The van der Waals surface area contributed by atoms with E-state index in [4.69, 9.17) is 0 Å². The lowest BCUT2D eigenvalue weighted by atomic mass is 9.99. The third-order valence-electron chi connectivity index (χ3n) is 3.46. The molecule has 9 heteroatoms. The molecular formula is C17H19F2NO6. The van der Waals surface area contributed by atoms with Gasteiger partial charge in [0.05, 0.1) is 5.92 Å². The summed E-state index contributed by atoms with van der Waals surface area (Å²) in [6.07, 6.45) is -4.10. The summed E-state index contributed by atoms with van der Waals surface area (Å²) in [7, 11) is 0. The van der Waals surface area contributed by atoms with Gasteiger partial charge in [0.25, 0.3) is 0 Å². The van der Waals surface area contributed by atoms with Crippen LogP contribution in [-0.4, -0.2) is 47.8 Å². The van der Waals surface area contributed by atoms with E-state index in [0.29, 0.717) is 5.56 Å². The van der Waals surface area contributed by atoms with Crippen molar-refractivity contribution in [2.75, 3.05) is 6.61 Å². The molecule has 2 N–H and O–H groups in total. The lowest BCUT2D eigenvalue weighted by Crippen LogP contribution is -2.44. The Hall–Kier alpha value is -2.84. The molecule has 0 aromatic heterocycles. The van der Waals surface area contributed by atoms with E-state index in [1.807, 2.05) is 0 Å². The van der Waals surface area contributed by atoms with Crippen molar-refractivity contribution in [3.05, 3.63) is 35.9 Å². The van der Waals surface area contributed by atoms with Crippen molar-refractivity contribution < 1.29 is 37.8 Å². The standard InChI is InChI=1S/C17H19F2NO6/c1-10(21)26-9-14(22)12(16(18)19)8-15(23)20-13(17(24)25)7-11-5-3-2-4-6-11/h2-6,12-13,16H,7-9H2,1H3,(H,20,23)(H,24,25)/t12?,13-/m0/s1. The smallest absolute Gasteiger partial charge is 0.326 e. The topological polar surface area (TPSA) is 110 Å². The first kappa shape index (κ1) is 21.2. The van der Waals surface area contributed by atoms with E-state index in [1.54, 1.807) is 30.3 Å². The number of Topliss-reactive ketones (excluding diaryl/α,β-unsaturated/α-hetero) is 1. The Labute approximate surface area is 148 Å². The maximum Gasteiger partial charge on any atom is 0.326 e. The highest BCUT2D eigenvalue weighted by Crippen LogP contribution is 2.16. The molecule has 0 aliphatic heterocycles. The van der Waals surface area contributed by atoms with E-state index >= 15 is 0 Å². The predicted octanol–water partition coefficient (Wildman–Crippen LogP) is 1.20. The molecule has 0 fully saturated rings. The molecule has 1 aromatic rings. The van der Waals surface area contributed by atoms with E-state index in [9.17, 15) is 33.1 Å². The summed E-state index contributed by atoms with van der Waals surface area (Å²) in [6, 6.07) is 7.11. The van der Waals surface area contributed by atoms with Crippen molar-refractivity contribution in [1.29, 1.82) is 0 Å². The van der Waals surface area contributed by atoms with Gasteiger partial charge in [-0.1, -0.05) is 30.3 Å². The Morgan fingerprint density at radius 3 is 2.27 bits per heavy atom. The molecule has 26 heavy (non-hydrogen) atoms. The molecule has 0 radical (unpaired) electrons. The van der Waals surface area contributed by atoms with Crippen molar-refractivity contribution >= 4 is 23.6 Å². The predicted molar refractivity (Wildman–Crippen MR) is 85.5 cm³/mol. The Morgan fingerprint density at radius 1 is 1.15 bits per heavy atom. The Morgan fingerprint density at radius 2 is 1.77 bits per heavy atom. The van der Waals surface area contributed by atoms with Crippen molar-refractivity contribution in [3.8, 4) is 0 Å². The van der Waals surface area contributed by atoms with Crippen LogP contribution in [0.25, 0.3) is 0 Å². The Balaban J connectivity index is 2.70. The van der Waals surface area contributed by atoms with Gasteiger partial charge < -0.3 is 15.2 Å². The van der Waals surface area contributed by atoms with Crippen molar-refractivity contribution in [1.82, 2.24) is 5.32 Å². The number of aliphatic carboxylic acids is 1. The maximum absolute atomic E-state index is 13.0. The van der Waals surface area contributed by atoms with Crippen LogP contribution in [0.3, 0.4) is 0 Å². The highest BCUT2D eigenvalue weighted by atomic mass is 19.3. The van der Waals surface area contributed by atoms with E-state index in [0.717, 1.165) is 6.92 Å². The van der Waals surface area contributed by atoms with Crippen LogP contribution in [0.2, 0.25) is 0 Å². The number of carbonyl (C=O) groups excluding carboxylic acids is 3. The van der Waals surface area contributed by atoms with Gasteiger partial charge in [0.2, 0.25) is 12.3 Å². The van der Waals surface area contributed by atoms with Gasteiger partial charge in [0.15, 0.2) is 5.78 Å². The number of esters is 1. The summed E-state index contributed by atoms with van der Waals surface area (Å²) in [5, 5.41) is 11.3. The van der Waals surface area contributed by atoms with Gasteiger partial charge in [-0.25, -0.2) is 13.6 Å². The largest absolute Gasteiger partial charge is 0.480 e. The first-order valence-corrected chi connectivity index (χ1v) is 7.71. The summed E-state index contributed by atoms with van der Waals surface area (Å²) < 4.78 is 30.4. The fourth-order valence-corrected chi connectivity index (χ4v) is 2.13. The third kappa shape index (κ3) is 7.37. The Kier molecular flexibility index (Phi) is 8.33. The van der Waals surface area contributed by atoms with Gasteiger partial charge in [-0.05, 0) is 5.56 Å². The lowest BCUT2D eigenvalue weighted by Gasteiger charge is -2.18. The summed E-state index contributed by atoms with van der Waals surface area (Å²) in [6.45, 7) is 0.141. The molecule has 0 heterocycles. The second-order valence-corrected chi connectivity index (χ2v) is 5.54. The fourth-order valence-electron chi connectivity index (χ4n) is 2.13. The van der Waals surface area contributed by atoms with Crippen LogP contribution in [0.15, 0.2) is 30.3 Å². The number of ether oxygens (including phenoxy) is 1. The normalized spacial score (nSPS) is 12.9. The monoisotopic (exact) mass is 371 g/mol. The minimum Gasteiger partial charge on any atom is -0.480 e. The highest BCUT2D eigenvalue weighted by molar-refractivity contribution is 5.90. The van der Waals surface area contributed by atoms with E-state index < -0.39 is 55.0 Å². The summed E-state index contributed by atoms with van der Waals surface area (Å²) in [4.78, 5) is 45.6. The number of rotatable bonds is 10. The van der Waals surface area contributed by atoms with Gasteiger partial charge in [0.1, 0.15) is 12.6 Å². The number of ketones is 1. The molecule has 1 rings (SSSR count). The molecule has 142 valence electrons. The quantitative estimate of drug-likeness (QED) is 0.598. The highest BCUT2D eigenvalue weighted by Gasteiger charge is 2.32. The van der Waals surface area contributed by atoms with E-state index in [-0.39, 0.29) is 6.42 Å². The van der Waals surface area contributed by atoms with Crippen LogP contribution in [0.5, 0.6) is 0 Å². The number of carboxylic acids is 1. The molecule has 0 bridgehead atoms. The first-order chi connectivity index (χ1) is 12.2. The molecule has 7 nitrogen and oxygen atoms in total. The number of carbonyl (C=O) groups is 4. The molecule has 0 saturated heterocycles. The molecule has 0 saturated carbocycles. The number of hydrogen-bond acceptors (Lipinski definition) is 5. The van der Waals surface area contributed by atoms with Crippen molar-refractivity contribution in [2.24, 2.45) is 5.92 Å². The molecule has 1 aromatic carbocycles. The van der Waals surface area contributed by atoms with Crippen LogP contribution < -0.4 is 5.32 Å². The molecular weight excluding hydrogens is 352 g/mol. The maximum atomic E-state index is 13.0. The summed E-state index contributed by atoms with van der Waals surface area (Å²) in [5.74, 6) is -6.25. The van der Waals surface area contributed by atoms with Gasteiger partial charge in [-0.2, -0.15) is 0 Å².